The van der Waals surface area contributed by atoms with E-state index < -0.39 is 42.0 Å². The molecule has 1 saturated carbocycles. The Balaban J connectivity index is 2.65. The van der Waals surface area contributed by atoms with Crippen LogP contribution in [0, 0.1) is 0 Å². The number of hydrogen-bond acceptors (Lipinski definition) is 4. The van der Waals surface area contributed by atoms with Crippen molar-refractivity contribution < 1.29 is 28.2 Å². The molecule has 0 atom stereocenters. The van der Waals surface area contributed by atoms with Gasteiger partial charge in [-0.25, -0.2) is 13.6 Å². The normalized spacial score (nSPS) is 21.2. The third-order valence-corrected chi connectivity index (χ3v) is 2.25. The first-order valence-electron chi connectivity index (χ1n) is 5.06. The molecule has 1 rings (SSSR count). The van der Waals surface area contributed by atoms with Gasteiger partial charge in [-0.3, -0.25) is 0 Å². The van der Waals surface area contributed by atoms with Crippen LogP contribution in [0.4, 0.5) is 13.6 Å². The minimum absolute atomic E-state index is 0.830. The van der Waals surface area contributed by atoms with Crippen LogP contribution >= 0.6 is 0 Å². The van der Waals surface area contributed by atoms with Crippen LogP contribution in [-0.4, -0.2) is 29.1 Å². The summed E-state index contributed by atoms with van der Waals surface area (Å²) in [6, 6.07) is 0. The van der Waals surface area contributed by atoms with E-state index in [4.69, 9.17) is 4.74 Å². The van der Waals surface area contributed by atoms with E-state index in [2.05, 4.69) is 0 Å². The Bertz CT molecular complexity index is 341. The van der Waals surface area contributed by atoms with Gasteiger partial charge < -0.3 is 20.0 Å². The van der Waals surface area contributed by atoms with Gasteiger partial charge in [-0.1, -0.05) is 0 Å². The van der Waals surface area contributed by atoms with Crippen LogP contribution in [0.25, 0.3) is 0 Å². The van der Waals surface area contributed by atoms with E-state index in [0.29, 0.717) is 0 Å². The summed E-state index contributed by atoms with van der Waals surface area (Å²) in [5.74, 6) is -4.82. The number of hydrogen-bond donors (Lipinski definition) is 1. The van der Waals surface area contributed by atoms with Crippen LogP contribution in [0.1, 0.15) is 33.6 Å². The van der Waals surface area contributed by atoms with Crippen molar-refractivity contribution in [1.29, 1.82) is 0 Å². The molecule has 0 heterocycles. The molecule has 0 aromatic carbocycles. The number of carboxylic acids is 1. The molecule has 0 aromatic rings. The molecule has 17 heavy (non-hydrogen) atoms. The highest BCUT2D eigenvalue weighted by atomic mass is 19.3. The second-order valence-corrected chi connectivity index (χ2v) is 5.21. The molecule has 5 nitrogen and oxygen atoms in total. The van der Waals surface area contributed by atoms with Crippen LogP contribution in [0.5, 0.6) is 0 Å². The number of carbonyl (C=O) groups excluding carboxylic acids is 2. The molecule has 98 valence electrons. The summed E-state index contributed by atoms with van der Waals surface area (Å²) in [5.41, 5.74) is -2.85. The van der Waals surface area contributed by atoms with E-state index in [0.717, 1.165) is 0 Å². The molecular weight excluding hydrogens is 236 g/mol. The number of alkyl carbamates (subject to hydrolysis) is 1. The topological polar surface area (TPSA) is 78.5 Å². The monoisotopic (exact) mass is 250 g/mol. The predicted molar refractivity (Wildman–Crippen MR) is 51.3 cm³/mol. The molecule has 1 fully saturated rings. The molecular formula is C10H14F2NO4-. The fourth-order valence-electron chi connectivity index (χ4n) is 1.61. The lowest BCUT2D eigenvalue weighted by molar-refractivity contribution is -0.325. The third-order valence-electron chi connectivity index (χ3n) is 2.25. The second kappa shape index (κ2) is 3.82. The van der Waals surface area contributed by atoms with Gasteiger partial charge in [0.1, 0.15) is 5.60 Å². The van der Waals surface area contributed by atoms with Gasteiger partial charge in [-0.05, 0) is 20.8 Å². The first-order chi connectivity index (χ1) is 7.46. The van der Waals surface area contributed by atoms with E-state index >= 15 is 0 Å². The van der Waals surface area contributed by atoms with E-state index in [1.807, 2.05) is 5.32 Å². The van der Waals surface area contributed by atoms with E-state index in [1.165, 1.54) is 0 Å². The highest BCUT2D eigenvalue weighted by Crippen LogP contribution is 2.45. The van der Waals surface area contributed by atoms with Crippen molar-refractivity contribution in [3.63, 3.8) is 0 Å². The first-order valence-corrected chi connectivity index (χ1v) is 5.06. The minimum Gasteiger partial charge on any atom is -0.548 e. The summed E-state index contributed by atoms with van der Waals surface area (Å²) in [5, 5.41) is 12.7. The molecule has 0 aliphatic heterocycles. The van der Waals surface area contributed by atoms with Crippen LogP contribution in [0.3, 0.4) is 0 Å². The third kappa shape index (κ3) is 3.28. The molecule has 0 radical (unpaired) electrons. The molecule has 0 unspecified atom stereocenters. The SMILES string of the molecule is CC(C)(C)OC(=O)NC1(C(=O)[O-])CC(F)(F)C1. The Hall–Kier alpha value is -1.40. The van der Waals surface area contributed by atoms with Gasteiger partial charge >= 0.3 is 6.09 Å². The number of amides is 1. The largest absolute Gasteiger partial charge is 0.548 e. The quantitative estimate of drug-likeness (QED) is 0.770. The number of nitrogens with one attached hydrogen (secondary N) is 1. The average molecular weight is 250 g/mol. The predicted octanol–water partition coefficient (Wildman–Crippen LogP) is 0.429. The molecule has 0 saturated heterocycles. The zero-order chi connectivity index (χ0) is 13.5. The van der Waals surface area contributed by atoms with Crippen molar-refractivity contribution in [3.8, 4) is 0 Å². The Morgan fingerprint density at radius 2 is 1.76 bits per heavy atom. The molecule has 1 aliphatic rings. The van der Waals surface area contributed by atoms with E-state index in [-0.39, 0.29) is 0 Å². The van der Waals surface area contributed by atoms with Gasteiger partial charge in [-0.15, -0.1) is 0 Å². The van der Waals surface area contributed by atoms with Crippen molar-refractivity contribution in [2.45, 2.75) is 50.7 Å². The van der Waals surface area contributed by atoms with Crippen molar-refractivity contribution in [3.05, 3.63) is 0 Å². The lowest BCUT2D eigenvalue weighted by Crippen LogP contribution is -2.70. The Morgan fingerprint density at radius 3 is 2.06 bits per heavy atom. The molecule has 0 spiro atoms. The van der Waals surface area contributed by atoms with Crippen LogP contribution in [0.2, 0.25) is 0 Å². The fraction of sp³-hybridized carbons (Fsp3) is 0.800. The van der Waals surface area contributed by atoms with Gasteiger partial charge in [-0.2, -0.15) is 0 Å². The van der Waals surface area contributed by atoms with E-state index in [1.54, 1.807) is 20.8 Å². The first kappa shape index (κ1) is 13.7. The Labute approximate surface area is 97.1 Å². The zero-order valence-corrected chi connectivity index (χ0v) is 9.80. The Morgan fingerprint density at radius 1 is 1.29 bits per heavy atom. The number of halogens is 2. The lowest BCUT2D eigenvalue weighted by Gasteiger charge is -2.47. The number of aliphatic carboxylic acids is 1. The summed E-state index contributed by atoms with van der Waals surface area (Å²) in [7, 11) is 0. The van der Waals surface area contributed by atoms with Crippen LogP contribution in [0.15, 0.2) is 0 Å². The van der Waals surface area contributed by atoms with Gasteiger partial charge in [0.2, 0.25) is 0 Å². The van der Waals surface area contributed by atoms with E-state index in [9.17, 15) is 23.5 Å². The number of rotatable bonds is 2. The van der Waals surface area contributed by atoms with Gasteiger partial charge in [0.25, 0.3) is 5.92 Å². The molecule has 7 heteroatoms. The van der Waals surface area contributed by atoms with Gasteiger partial charge in [0, 0.05) is 12.8 Å². The molecule has 0 aromatic heterocycles. The van der Waals surface area contributed by atoms with Gasteiger partial charge in [0.05, 0.1) is 11.5 Å². The average Bonchev–Trinajstić information content (AvgIpc) is 1.94. The Kier molecular flexibility index (Phi) is 3.07. The smallest absolute Gasteiger partial charge is 0.408 e. The maximum Gasteiger partial charge on any atom is 0.408 e. The summed E-state index contributed by atoms with van der Waals surface area (Å²) in [6.07, 6.45) is -2.99. The number of alkyl halides is 2. The van der Waals surface area contributed by atoms with Crippen molar-refractivity contribution in [2.75, 3.05) is 0 Å². The standard InChI is InChI=1S/C10H15F2NO4/c1-8(2,3)17-7(16)13-9(6(14)15)4-10(11,12)5-9/h4-5H2,1-3H3,(H,13,16)(H,14,15)/p-1. The summed E-state index contributed by atoms with van der Waals surface area (Å²) < 4.78 is 30.2. The molecule has 0 bridgehead atoms. The minimum atomic E-state index is -3.09. The maximum absolute atomic E-state index is 12.7. The van der Waals surface area contributed by atoms with Crippen molar-refractivity contribution >= 4 is 12.1 Å². The van der Waals surface area contributed by atoms with Crippen LogP contribution in [-0.2, 0) is 9.53 Å². The number of carboxylic acid groups (broad SMARTS) is 1. The second-order valence-electron chi connectivity index (χ2n) is 5.21. The summed E-state index contributed by atoms with van der Waals surface area (Å²) in [6.45, 7) is 4.73. The van der Waals surface area contributed by atoms with Crippen molar-refractivity contribution in [1.82, 2.24) is 5.32 Å². The highest BCUT2D eigenvalue weighted by Gasteiger charge is 2.58. The lowest BCUT2D eigenvalue weighted by atomic mass is 9.73. The van der Waals surface area contributed by atoms with Gasteiger partial charge in [0.15, 0.2) is 0 Å². The zero-order valence-electron chi connectivity index (χ0n) is 9.80. The summed E-state index contributed by atoms with van der Waals surface area (Å²) >= 11 is 0. The fourth-order valence-corrected chi connectivity index (χ4v) is 1.61. The number of carbonyl (C=O) groups is 2. The highest BCUT2D eigenvalue weighted by molar-refractivity contribution is 5.84. The summed E-state index contributed by atoms with van der Waals surface area (Å²) in [4.78, 5) is 22.1. The molecule has 1 N–H and O–H groups in total. The number of ether oxygens (including phenoxy) is 1. The van der Waals surface area contributed by atoms with Crippen LogP contribution < -0.4 is 10.4 Å². The molecule has 1 aliphatic carbocycles. The van der Waals surface area contributed by atoms with Crippen molar-refractivity contribution in [2.24, 2.45) is 0 Å². The maximum atomic E-state index is 12.7. The molecule has 1 amide bonds.